The van der Waals surface area contributed by atoms with Gasteiger partial charge in [0.2, 0.25) is 5.91 Å². The minimum atomic E-state index is -0.114. The van der Waals surface area contributed by atoms with Gasteiger partial charge in [0.25, 0.3) is 0 Å². The monoisotopic (exact) mass is 396 g/mol. The Morgan fingerprint density at radius 2 is 1.83 bits per heavy atom. The molecule has 7 nitrogen and oxygen atoms in total. The van der Waals surface area contributed by atoms with E-state index in [2.05, 4.69) is 20.9 Å². The zero-order valence-electron chi connectivity index (χ0n) is 16.7. The summed E-state index contributed by atoms with van der Waals surface area (Å²) in [7, 11) is 0. The molecule has 2 aromatic rings. The van der Waals surface area contributed by atoms with Crippen LogP contribution in [0.5, 0.6) is 11.5 Å². The van der Waals surface area contributed by atoms with E-state index in [1.165, 1.54) is 5.56 Å². The summed E-state index contributed by atoms with van der Waals surface area (Å²) in [6, 6.07) is 15.7. The first-order valence-corrected chi connectivity index (χ1v) is 10.00. The molecule has 0 fully saturated rings. The number of carbonyl (C=O) groups excluding carboxylic acids is 1. The number of amides is 1. The van der Waals surface area contributed by atoms with Crippen molar-refractivity contribution in [2.24, 2.45) is 4.99 Å². The molecule has 0 unspecified atom stereocenters. The number of aliphatic imine (C=N–C) groups is 1. The van der Waals surface area contributed by atoms with Crippen LogP contribution in [0.25, 0.3) is 0 Å². The molecule has 3 rings (SSSR count). The molecule has 1 heterocycles. The lowest BCUT2D eigenvalue weighted by atomic mass is 10.1. The highest BCUT2D eigenvalue weighted by Crippen LogP contribution is 2.32. The summed E-state index contributed by atoms with van der Waals surface area (Å²) in [6.45, 7) is 4.59. The lowest BCUT2D eigenvalue weighted by Gasteiger charge is -2.13. The number of hydrogen-bond acceptors (Lipinski definition) is 4. The third-order valence-corrected chi connectivity index (χ3v) is 4.31. The average Bonchev–Trinajstić information content (AvgIpc) is 2.98. The fourth-order valence-corrected chi connectivity index (χ4v) is 2.88. The van der Waals surface area contributed by atoms with Gasteiger partial charge in [-0.05, 0) is 31.0 Å². The van der Waals surface area contributed by atoms with Crippen molar-refractivity contribution in [3.8, 4) is 11.5 Å². The van der Waals surface area contributed by atoms with Crippen LogP contribution in [0.4, 0.5) is 5.69 Å². The molecule has 1 aliphatic heterocycles. The van der Waals surface area contributed by atoms with Gasteiger partial charge in [0, 0.05) is 31.3 Å². The van der Waals surface area contributed by atoms with Crippen molar-refractivity contribution in [1.29, 1.82) is 0 Å². The molecule has 29 heavy (non-hydrogen) atoms. The van der Waals surface area contributed by atoms with Gasteiger partial charge in [-0.25, -0.2) is 4.99 Å². The molecule has 0 spiro atoms. The van der Waals surface area contributed by atoms with Gasteiger partial charge >= 0.3 is 0 Å². The normalized spacial score (nSPS) is 13.3. The number of ether oxygens (including phenoxy) is 2. The number of guanidine groups is 1. The predicted molar refractivity (Wildman–Crippen MR) is 115 cm³/mol. The highest BCUT2D eigenvalue weighted by molar-refractivity contribution is 5.95. The van der Waals surface area contributed by atoms with Crippen LogP contribution < -0.4 is 25.4 Å². The minimum Gasteiger partial charge on any atom is -0.490 e. The summed E-state index contributed by atoms with van der Waals surface area (Å²) in [5.74, 6) is 1.88. The Balaban J connectivity index is 1.52. The van der Waals surface area contributed by atoms with E-state index < -0.39 is 0 Å². The molecule has 0 saturated heterocycles. The van der Waals surface area contributed by atoms with Crippen LogP contribution in [-0.4, -0.2) is 44.7 Å². The van der Waals surface area contributed by atoms with E-state index in [1.807, 2.05) is 55.5 Å². The molecular formula is C22H28N4O3. The summed E-state index contributed by atoms with van der Waals surface area (Å²) in [5, 5.41) is 9.26. The molecular weight excluding hydrogens is 368 g/mol. The van der Waals surface area contributed by atoms with Gasteiger partial charge in [-0.1, -0.05) is 30.3 Å². The Labute approximate surface area is 171 Å². The quantitative estimate of drug-likeness (QED) is 0.495. The van der Waals surface area contributed by atoms with Gasteiger partial charge in [-0.2, -0.15) is 0 Å². The summed E-state index contributed by atoms with van der Waals surface area (Å²) in [6.07, 6.45) is 1.66. The Morgan fingerprint density at radius 3 is 2.62 bits per heavy atom. The molecule has 0 saturated carbocycles. The maximum Gasteiger partial charge on any atom is 0.241 e. The number of rotatable bonds is 7. The molecule has 0 bridgehead atoms. The summed E-state index contributed by atoms with van der Waals surface area (Å²) >= 11 is 0. The second kappa shape index (κ2) is 10.9. The predicted octanol–water partition coefficient (Wildman–Crippen LogP) is 2.58. The fraction of sp³-hybridized carbons (Fsp3) is 0.364. The lowest BCUT2D eigenvalue weighted by Crippen LogP contribution is -2.33. The molecule has 154 valence electrons. The number of carbonyl (C=O) groups is 1. The highest BCUT2D eigenvalue weighted by Gasteiger charge is 2.11. The first kappa shape index (κ1) is 20.5. The van der Waals surface area contributed by atoms with E-state index >= 15 is 0 Å². The first-order chi connectivity index (χ1) is 14.2. The van der Waals surface area contributed by atoms with Gasteiger partial charge in [0.05, 0.1) is 13.2 Å². The van der Waals surface area contributed by atoms with Crippen molar-refractivity contribution in [3.05, 3.63) is 54.1 Å². The van der Waals surface area contributed by atoms with E-state index in [-0.39, 0.29) is 12.5 Å². The third kappa shape index (κ3) is 6.71. The number of hydrogen-bond donors (Lipinski definition) is 3. The Kier molecular flexibility index (Phi) is 7.74. The molecule has 1 amide bonds. The third-order valence-electron chi connectivity index (χ3n) is 4.31. The highest BCUT2D eigenvalue weighted by atomic mass is 16.5. The average molecular weight is 396 g/mol. The smallest absolute Gasteiger partial charge is 0.241 e. The van der Waals surface area contributed by atoms with Crippen LogP contribution in [-0.2, 0) is 11.2 Å². The van der Waals surface area contributed by atoms with E-state index in [0.29, 0.717) is 38.0 Å². The molecule has 7 heteroatoms. The summed E-state index contributed by atoms with van der Waals surface area (Å²) in [4.78, 5) is 16.5. The SMILES string of the molecule is CCNC(=NCC(=O)NCCc1ccccc1)Nc1ccc2c(c1)OCCCO2. The molecule has 0 aliphatic carbocycles. The van der Waals surface area contributed by atoms with Crippen LogP contribution >= 0.6 is 0 Å². The van der Waals surface area contributed by atoms with Crippen LogP contribution in [0.3, 0.4) is 0 Å². The summed E-state index contributed by atoms with van der Waals surface area (Å²) < 4.78 is 11.4. The number of nitrogens with one attached hydrogen (secondary N) is 3. The van der Waals surface area contributed by atoms with Crippen molar-refractivity contribution < 1.29 is 14.3 Å². The van der Waals surface area contributed by atoms with Crippen LogP contribution in [0.2, 0.25) is 0 Å². The Bertz CT molecular complexity index is 824. The molecule has 2 aromatic carbocycles. The van der Waals surface area contributed by atoms with E-state index in [0.717, 1.165) is 24.3 Å². The number of nitrogens with zero attached hydrogens (tertiary/aromatic N) is 1. The van der Waals surface area contributed by atoms with E-state index in [1.54, 1.807) is 0 Å². The van der Waals surface area contributed by atoms with Crippen LogP contribution in [0.15, 0.2) is 53.5 Å². The largest absolute Gasteiger partial charge is 0.490 e. The van der Waals surface area contributed by atoms with Gasteiger partial charge < -0.3 is 25.4 Å². The lowest BCUT2D eigenvalue weighted by molar-refractivity contribution is -0.119. The van der Waals surface area contributed by atoms with Crippen molar-refractivity contribution in [2.45, 2.75) is 19.8 Å². The van der Waals surface area contributed by atoms with Crippen molar-refractivity contribution >= 4 is 17.6 Å². The van der Waals surface area contributed by atoms with Gasteiger partial charge in [-0.15, -0.1) is 0 Å². The molecule has 0 atom stereocenters. The van der Waals surface area contributed by atoms with Gasteiger partial charge in [0.1, 0.15) is 6.54 Å². The molecule has 0 aromatic heterocycles. The van der Waals surface area contributed by atoms with Crippen molar-refractivity contribution in [2.75, 3.05) is 38.2 Å². The topological polar surface area (TPSA) is 84.0 Å². The van der Waals surface area contributed by atoms with Crippen LogP contribution in [0.1, 0.15) is 18.9 Å². The Hall–Kier alpha value is -3.22. The minimum absolute atomic E-state index is 0.0503. The Morgan fingerprint density at radius 1 is 1.03 bits per heavy atom. The maximum absolute atomic E-state index is 12.1. The van der Waals surface area contributed by atoms with Crippen molar-refractivity contribution in [3.63, 3.8) is 0 Å². The molecule has 0 radical (unpaired) electrons. The van der Waals surface area contributed by atoms with E-state index in [4.69, 9.17) is 9.47 Å². The molecule has 1 aliphatic rings. The van der Waals surface area contributed by atoms with Gasteiger partial charge in [-0.3, -0.25) is 4.79 Å². The number of anilines is 1. The zero-order valence-corrected chi connectivity index (χ0v) is 16.7. The number of fused-ring (bicyclic) bond motifs is 1. The second-order valence-electron chi connectivity index (χ2n) is 6.62. The van der Waals surface area contributed by atoms with Crippen molar-refractivity contribution in [1.82, 2.24) is 10.6 Å². The number of benzene rings is 2. The second-order valence-corrected chi connectivity index (χ2v) is 6.62. The fourth-order valence-electron chi connectivity index (χ4n) is 2.88. The zero-order chi connectivity index (χ0) is 20.3. The maximum atomic E-state index is 12.1. The standard InChI is InChI=1S/C22H28N4O3/c1-2-23-22(25-16-21(27)24-12-11-17-7-4-3-5-8-17)26-18-9-10-19-20(15-18)29-14-6-13-28-19/h3-5,7-10,15H,2,6,11-14,16H2,1H3,(H,24,27)(H2,23,25,26). The summed E-state index contributed by atoms with van der Waals surface area (Å²) in [5.41, 5.74) is 2.01. The van der Waals surface area contributed by atoms with Crippen LogP contribution in [0, 0.1) is 0 Å². The van der Waals surface area contributed by atoms with Gasteiger partial charge in [0.15, 0.2) is 17.5 Å². The van der Waals surface area contributed by atoms with E-state index in [9.17, 15) is 4.79 Å². The first-order valence-electron chi connectivity index (χ1n) is 10.00. The molecule has 3 N–H and O–H groups in total.